The summed E-state index contributed by atoms with van der Waals surface area (Å²) in [6.45, 7) is 9.49. The summed E-state index contributed by atoms with van der Waals surface area (Å²) in [5.41, 5.74) is 2.61. The lowest BCUT2D eigenvalue weighted by molar-refractivity contribution is -0.111. The first-order valence-corrected chi connectivity index (χ1v) is 12.0. The number of aromatic nitrogens is 3. The number of nitrogens with zero attached hydrogens (tertiary/aromatic N) is 5. The Morgan fingerprint density at radius 3 is 2.56 bits per heavy atom. The largest absolute Gasteiger partial charge is 0.387 e. The molecule has 2 aromatic rings. The fourth-order valence-electron chi connectivity index (χ4n) is 4.83. The van der Waals surface area contributed by atoms with Gasteiger partial charge in [0.15, 0.2) is 0 Å². The van der Waals surface area contributed by atoms with E-state index in [-0.39, 0.29) is 24.0 Å². The molecule has 172 valence electrons. The number of halogens is 1. The lowest BCUT2D eigenvalue weighted by Gasteiger charge is -2.42. The third-order valence-corrected chi connectivity index (χ3v) is 6.84. The van der Waals surface area contributed by atoms with Gasteiger partial charge in [-0.1, -0.05) is 6.92 Å². The molecule has 0 amide bonds. The van der Waals surface area contributed by atoms with Crippen molar-refractivity contribution >= 4 is 28.0 Å². The summed E-state index contributed by atoms with van der Waals surface area (Å²) >= 11 is 3.42. The summed E-state index contributed by atoms with van der Waals surface area (Å²) in [4.78, 5) is 30.2. The SMILES string of the molecule is CC(C)NC(C(C=O)c1ccc(Br)cn1)N1CCN(c2ncnc3c2[C@H](C)C[C@H]3O)CC1. The molecule has 0 bridgehead atoms. The molecule has 2 N–H and O–H groups in total. The molecule has 9 heteroatoms. The van der Waals surface area contributed by atoms with E-state index in [1.54, 1.807) is 12.5 Å². The second-order valence-corrected chi connectivity index (χ2v) is 9.92. The zero-order valence-corrected chi connectivity index (χ0v) is 20.4. The Morgan fingerprint density at radius 1 is 1.19 bits per heavy atom. The molecule has 2 unspecified atom stereocenters. The summed E-state index contributed by atoms with van der Waals surface area (Å²) in [6, 6.07) is 4.06. The minimum Gasteiger partial charge on any atom is -0.387 e. The number of hydrogen-bond donors (Lipinski definition) is 2. The summed E-state index contributed by atoms with van der Waals surface area (Å²) in [7, 11) is 0. The average Bonchev–Trinajstić information content (AvgIpc) is 3.08. The van der Waals surface area contributed by atoms with Gasteiger partial charge in [0.2, 0.25) is 0 Å². The Labute approximate surface area is 197 Å². The van der Waals surface area contributed by atoms with E-state index in [2.05, 4.69) is 66.8 Å². The number of hydrogen-bond acceptors (Lipinski definition) is 8. The number of piperazine rings is 1. The molecule has 1 aliphatic carbocycles. The van der Waals surface area contributed by atoms with Crippen molar-refractivity contribution < 1.29 is 9.90 Å². The Kier molecular flexibility index (Phi) is 7.19. The molecule has 0 aromatic carbocycles. The number of carbonyl (C=O) groups excluding carboxylic acids is 1. The molecule has 1 fully saturated rings. The van der Waals surface area contributed by atoms with Gasteiger partial charge in [-0.3, -0.25) is 15.2 Å². The highest BCUT2D eigenvalue weighted by molar-refractivity contribution is 9.10. The monoisotopic (exact) mass is 502 g/mol. The topological polar surface area (TPSA) is 94.5 Å². The molecular weight excluding hydrogens is 472 g/mol. The molecule has 1 aliphatic heterocycles. The quantitative estimate of drug-likeness (QED) is 0.557. The van der Waals surface area contributed by atoms with Crippen molar-refractivity contribution in [2.45, 2.75) is 57.3 Å². The van der Waals surface area contributed by atoms with Gasteiger partial charge in [-0.05, 0) is 54.2 Å². The second-order valence-electron chi connectivity index (χ2n) is 9.00. The van der Waals surface area contributed by atoms with Gasteiger partial charge in [-0.15, -0.1) is 0 Å². The van der Waals surface area contributed by atoms with Gasteiger partial charge in [0.05, 0.1) is 29.6 Å². The Hall–Kier alpha value is -1.94. The predicted molar refractivity (Wildman–Crippen MR) is 127 cm³/mol. The molecule has 0 saturated carbocycles. The van der Waals surface area contributed by atoms with E-state index in [0.29, 0.717) is 6.42 Å². The van der Waals surface area contributed by atoms with Crippen LogP contribution in [0.1, 0.15) is 62.1 Å². The number of rotatable bonds is 7. The van der Waals surface area contributed by atoms with Gasteiger partial charge in [0.25, 0.3) is 0 Å². The van der Waals surface area contributed by atoms with Gasteiger partial charge in [0, 0.05) is 48.5 Å². The minimum absolute atomic E-state index is 0.139. The van der Waals surface area contributed by atoms with Crippen molar-refractivity contribution in [1.82, 2.24) is 25.2 Å². The number of nitrogens with one attached hydrogen (secondary N) is 1. The van der Waals surface area contributed by atoms with Crippen LogP contribution in [0.25, 0.3) is 0 Å². The van der Waals surface area contributed by atoms with Crippen molar-refractivity contribution in [3.8, 4) is 0 Å². The van der Waals surface area contributed by atoms with E-state index < -0.39 is 6.10 Å². The van der Waals surface area contributed by atoms with Crippen LogP contribution in [0.5, 0.6) is 0 Å². The van der Waals surface area contributed by atoms with E-state index >= 15 is 0 Å². The van der Waals surface area contributed by atoms with Gasteiger partial charge >= 0.3 is 0 Å². The van der Waals surface area contributed by atoms with Crippen molar-refractivity contribution in [2.75, 3.05) is 31.1 Å². The van der Waals surface area contributed by atoms with E-state index in [1.807, 2.05) is 12.1 Å². The lowest BCUT2D eigenvalue weighted by atomic mass is 9.99. The van der Waals surface area contributed by atoms with Crippen LogP contribution in [0.3, 0.4) is 0 Å². The number of anilines is 1. The van der Waals surface area contributed by atoms with Crippen molar-refractivity contribution in [1.29, 1.82) is 0 Å². The third-order valence-electron chi connectivity index (χ3n) is 6.37. The van der Waals surface area contributed by atoms with Crippen LogP contribution < -0.4 is 10.2 Å². The van der Waals surface area contributed by atoms with E-state index in [4.69, 9.17) is 0 Å². The van der Waals surface area contributed by atoms with Crippen LogP contribution in [0.4, 0.5) is 5.82 Å². The van der Waals surface area contributed by atoms with Crippen LogP contribution in [0.2, 0.25) is 0 Å². The molecule has 8 nitrogen and oxygen atoms in total. The molecule has 3 heterocycles. The highest BCUT2D eigenvalue weighted by atomic mass is 79.9. The van der Waals surface area contributed by atoms with Crippen LogP contribution in [-0.2, 0) is 4.79 Å². The van der Waals surface area contributed by atoms with Gasteiger partial charge < -0.3 is 14.8 Å². The Morgan fingerprint density at radius 2 is 1.94 bits per heavy atom. The number of aliphatic hydroxyl groups excluding tert-OH is 1. The van der Waals surface area contributed by atoms with E-state index in [9.17, 15) is 9.90 Å². The highest BCUT2D eigenvalue weighted by Gasteiger charge is 2.36. The maximum Gasteiger partial charge on any atom is 0.135 e. The summed E-state index contributed by atoms with van der Waals surface area (Å²) in [5, 5.41) is 13.9. The number of aliphatic hydroxyl groups is 1. The molecule has 2 aliphatic rings. The van der Waals surface area contributed by atoms with E-state index in [1.165, 1.54) is 0 Å². The van der Waals surface area contributed by atoms with Crippen molar-refractivity contribution in [3.05, 3.63) is 46.1 Å². The maximum absolute atomic E-state index is 12.2. The van der Waals surface area contributed by atoms with Gasteiger partial charge in [0.1, 0.15) is 18.4 Å². The number of aldehydes is 1. The summed E-state index contributed by atoms with van der Waals surface area (Å²) < 4.78 is 0.893. The smallest absolute Gasteiger partial charge is 0.135 e. The first kappa shape index (κ1) is 23.2. The van der Waals surface area contributed by atoms with Crippen molar-refractivity contribution in [3.63, 3.8) is 0 Å². The standard InChI is InChI=1S/C23H31BrN6O2/c1-14(2)28-22(17(12-31)18-5-4-16(24)11-25-18)29-6-8-30(9-7-29)23-20-15(3)10-19(32)21(20)26-13-27-23/h4-5,11-15,17,19,22,28,32H,6-10H2,1-3H3/t15-,17?,19-,22?/m1/s1. The number of fused-ring (bicyclic) bond motifs is 1. The zero-order chi connectivity index (χ0) is 22.8. The van der Waals surface area contributed by atoms with Crippen LogP contribution in [0, 0.1) is 0 Å². The van der Waals surface area contributed by atoms with Crippen LogP contribution >= 0.6 is 15.9 Å². The highest BCUT2D eigenvalue weighted by Crippen LogP contribution is 2.42. The molecule has 2 aromatic heterocycles. The molecule has 4 atom stereocenters. The first-order chi connectivity index (χ1) is 15.4. The molecule has 1 saturated heterocycles. The predicted octanol–water partition coefficient (Wildman–Crippen LogP) is 2.60. The fourth-order valence-corrected chi connectivity index (χ4v) is 5.07. The lowest BCUT2D eigenvalue weighted by Crippen LogP contribution is -2.58. The second kappa shape index (κ2) is 9.91. The fraction of sp³-hybridized carbons (Fsp3) is 0.565. The normalized spacial score (nSPS) is 23.2. The minimum atomic E-state index is -0.505. The number of carbonyl (C=O) groups is 1. The van der Waals surface area contributed by atoms with Crippen LogP contribution in [-0.4, -0.2) is 69.6 Å². The number of pyridine rings is 1. The summed E-state index contributed by atoms with van der Waals surface area (Å²) in [6.07, 6.45) is 4.36. The summed E-state index contributed by atoms with van der Waals surface area (Å²) in [5.74, 6) is 0.816. The van der Waals surface area contributed by atoms with E-state index in [0.717, 1.165) is 59.7 Å². The third kappa shape index (κ3) is 4.71. The van der Waals surface area contributed by atoms with Crippen molar-refractivity contribution in [2.24, 2.45) is 0 Å². The molecular formula is C23H31BrN6O2. The van der Waals surface area contributed by atoms with Crippen LogP contribution in [0.15, 0.2) is 29.1 Å². The maximum atomic E-state index is 12.2. The van der Waals surface area contributed by atoms with Gasteiger partial charge in [-0.25, -0.2) is 9.97 Å². The first-order valence-electron chi connectivity index (χ1n) is 11.2. The molecule has 0 spiro atoms. The molecule has 0 radical (unpaired) electrons. The average molecular weight is 503 g/mol. The molecule has 32 heavy (non-hydrogen) atoms. The Balaban J connectivity index is 1.52. The van der Waals surface area contributed by atoms with Gasteiger partial charge in [-0.2, -0.15) is 0 Å². The molecule has 4 rings (SSSR count). The zero-order valence-electron chi connectivity index (χ0n) is 18.8. The Bertz CT molecular complexity index is 933.